The number of aromatic nitrogens is 2. The molecule has 11 heavy (non-hydrogen) atoms. The molecule has 4 heteroatoms. The van der Waals surface area contributed by atoms with Crippen LogP contribution in [0.25, 0.3) is 0 Å². The third-order valence-electron chi connectivity index (χ3n) is 1.24. The van der Waals surface area contributed by atoms with Gasteiger partial charge < -0.3 is 14.8 Å². The largest absolute Gasteiger partial charge is 0.394 e. The van der Waals surface area contributed by atoms with Crippen molar-refractivity contribution in [3.05, 3.63) is 17.7 Å². The molecule has 1 aromatic rings. The van der Waals surface area contributed by atoms with Gasteiger partial charge in [-0.05, 0) is 6.92 Å². The van der Waals surface area contributed by atoms with Crippen LogP contribution in [0.1, 0.15) is 11.5 Å². The highest BCUT2D eigenvalue weighted by Crippen LogP contribution is 1.96. The molecular formula is C7H12N2O2. The third kappa shape index (κ3) is 2.69. The molecule has 0 saturated heterocycles. The van der Waals surface area contributed by atoms with Crippen LogP contribution in [-0.4, -0.2) is 28.3 Å². The first-order valence-corrected chi connectivity index (χ1v) is 3.52. The number of H-pyrrole nitrogens is 1. The molecule has 0 amide bonds. The number of hydrogen-bond donors (Lipinski definition) is 2. The Hall–Kier alpha value is -0.870. The van der Waals surface area contributed by atoms with E-state index in [9.17, 15) is 0 Å². The van der Waals surface area contributed by atoms with E-state index in [0.29, 0.717) is 13.2 Å². The van der Waals surface area contributed by atoms with Gasteiger partial charge >= 0.3 is 0 Å². The van der Waals surface area contributed by atoms with Gasteiger partial charge in [0, 0.05) is 6.20 Å². The number of rotatable bonds is 4. The number of aryl methyl sites for hydroxylation is 1. The van der Waals surface area contributed by atoms with Crippen molar-refractivity contribution in [3.63, 3.8) is 0 Å². The third-order valence-corrected chi connectivity index (χ3v) is 1.24. The van der Waals surface area contributed by atoms with Gasteiger partial charge in [0.15, 0.2) is 0 Å². The highest BCUT2D eigenvalue weighted by molar-refractivity contribution is 4.97. The zero-order valence-electron chi connectivity index (χ0n) is 6.50. The van der Waals surface area contributed by atoms with Gasteiger partial charge in [-0.3, -0.25) is 0 Å². The van der Waals surface area contributed by atoms with Crippen LogP contribution < -0.4 is 0 Å². The first kappa shape index (κ1) is 8.23. The maximum absolute atomic E-state index is 8.40. The molecule has 2 N–H and O–H groups in total. The molecule has 1 aromatic heterocycles. The Labute approximate surface area is 65.2 Å². The lowest BCUT2D eigenvalue weighted by Gasteiger charge is -1.96. The quantitative estimate of drug-likeness (QED) is 0.613. The highest BCUT2D eigenvalue weighted by atomic mass is 16.5. The maximum atomic E-state index is 8.40. The van der Waals surface area contributed by atoms with E-state index in [1.54, 1.807) is 6.20 Å². The summed E-state index contributed by atoms with van der Waals surface area (Å²) in [6.45, 7) is 2.77. The second kappa shape index (κ2) is 4.10. The smallest absolute Gasteiger partial charge is 0.103 e. The molecule has 4 nitrogen and oxygen atoms in total. The van der Waals surface area contributed by atoms with Gasteiger partial charge in [0.1, 0.15) is 5.82 Å². The Bertz CT molecular complexity index is 210. The first-order valence-electron chi connectivity index (χ1n) is 3.52. The van der Waals surface area contributed by atoms with Gasteiger partial charge in [-0.15, -0.1) is 0 Å². The summed E-state index contributed by atoms with van der Waals surface area (Å²) in [5, 5.41) is 8.40. The number of aromatic amines is 1. The van der Waals surface area contributed by atoms with Crippen LogP contribution in [0, 0.1) is 6.92 Å². The van der Waals surface area contributed by atoms with Crippen LogP contribution in [0.4, 0.5) is 0 Å². The van der Waals surface area contributed by atoms with Gasteiger partial charge in [0.25, 0.3) is 0 Å². The standard InChI is InChI=1S/C7H12N2O2/c1-6-8-4-7(9-6)5-11-3-2-10/h4,10H,2-3,5H2,1H3,(H,8,9). The van der Waals surface area contributed by atoms with Gasteiger partial charge in [-0.1, -0.05) is 0 Å². The van der Waals surface area contributed by atoms with Crippen LogP contribution in [0.15, 0.2) is 6.20 Å². The van der Waals surface area contributed by atoms with Crippen molar-refractivity contribution in [2.24, 2.45) is 0 Å². The average Bonchev–Trinajstić information content (AvgIpc) is 2.37. The molecule has 0 aliphatic heterocycles. The molecule has 62 valence electrons. The monoisotopic (exact) mass is 156 g/mol. The number of nitrogens with one attached hydrogen (secondary N) is 1. The summed E-state index contributed by atoms with van der Waals surface area (Å²) in [6.07, 6.45) is 1.80. The fourth-order valence-electron chi connectivity index (χ4n) is 0.783. The van der Waals surface area contributed by atoms with Crippen molar-refractivity contribution < 1.29 is 9.84 Å². The predicted molar refractivity (Wildman–Crippen MR) is 40.1 cm³/mol. The molecule has 0 spiro atoms. The lowest BCUT2D eigenvalue weighted by atomic mass is 10.5. The lowest BCUT2D eigenvalue weighted by Crippen LogP contribution is -1.99. The zero-order chi connectivity index (χ0) is 8.10. The van der Waals surface area contributed by atoms with Crippen LogP contribution in [0.5, 0.6) is 0 Å². The molecule has 0 saturated carbocycles. The van der Waals surface area contributed by atoms with Crippen molar-refractivity contribution in [2.75, 3.05) is 13.2 Å². The fraction of sp³-hybridized carbons (Fsp3) is 0.571. The second-order valence-corrected chi connectivity index (χ2v) is 2.25. The Morgan fingerprint density at radius 2 is 2.55 bits per heavy atom. The number of hydrogen-bond acceptors (Lipinski definition) is 3. The van der Waals surface area contributed by atoms with Crippen LogP contribution in [0.3, 0.4) is 0 Å². The molecule has 0 radical (unpaired) electrons. The van der Waals surface area contributed by atoms with Crippen molar-refractivity contribution in [1.29, 1.82) is 0 Å². The number of aliphatic hydroxyl groups excluding tert-OH is 1. The average molecular weight is 156 g/mol. The molecule has 1 rings (SSSR count). The van der Waals surface area contributed by atoms with Crippen LogP contribution in [-0.2, 0) is 11.3 Å². The van der Waals surface area contributed by atoms with Crippen molar-refractivity contribution in [3.8, 4) is 0 Å². The van der Waals surface area contributed by atoms with Crippen LogP contribution >= 0.6 is 0 Å². The minimum absolute atomic E-state index is 0.0589. The van der Waals surface area contributed by atoms with E-state index in [0.717, 1.165) is 11.5 Å². The molecule has 0 bridgehead atoms. The van der Waals surface area contributed by atoms with E-state index < -0.39 is 0 Å². The molecular weight excluding hydrogens is 144 g/mol. The van der Waals surface area contributed by atoms with E-state index in [-0.39, 0.29) is 6.61 Å². The SMILES string of the molecule is Cc1nc(COCCO)c[nH]1. The van der Waals surface area contributed by atoms with Gasteiger partial charge in [-0.25, -0.2) is 4.98 Å². The van der Waals surface area contributed by atoms with Crippen LogP contribution in [0.2, 0.25) is 0 Å². The van der Waals surface area contributed by atoms with Crippen molar-refractivity contribution >= 4 is 0 Å². The number of imidazole rings is 1. The summed E-state index contributed by atoms with van der Waals surface area (Å²) in [6, 6.07) is 0. The van der Waals surface area contributed by atoms with E-state index in [1.807, 2.05) is 6.92 Å². The molecule has 0 atom stereocenters. The van der Waals surface area contributed by atoms with Crippen molar-refractivity contribution in [2.45, 2.75) is 13.5 Å². The van der Waals surface area contributed by atoms with Gasteiger partial charge in [-0.2, -0.15) is 0 Å². The van der Waals surface area contributed by atoms with E-state index >= 15 is 0 Å². The van der Waals surface area contributed by atoms with E-state index in [2.05, 4.69) is 9.97 Å². The number of aliphatic hydroxyl groups is 1. The van der Waals surface area contributed by atoms with Crippen molar-refractivity contribution in [1.82, 2.24) is 9.97 Å². The van der Waals surface area contributed by atoms with Gasteiger partial charge in [0.2, 0.25) is 0 Å². The summed E-state index contributed by atoms with van der Waals surface area (Å²) >= 11 is 0. The molecule has 0 aromatic carbocycles. The number of ether oxygens (including phenoxy) is 1. The summed E-state index contributed by atoms with van der Waals surface area (Å²) in [5.74, 6) is 0.882. The summed E-state index contributed by atoms with van der Waals surface area (Å²) in [7, 11) is 0. The Morgan fingerprint density at radius 1 is 1.73 bits per heavy atom. The highest BCUT2D eigenvalue weighted by Gasteiger charge is 1.95. The summed E-state index contributed by atoms with van der Waals surface area (Å²) in [5.41, 5.74) is 0.871. The minimum Gasteiger partial charge on any atom is -0.394 e. The topological polar surface area (TPSA) is 58.1 Å². The van der Waals surface area contributed by atoms with E-state index in [4.69, 9.17) is 9.84 Å². The minimum atomic E-state index is 0.0589. The molecule has 0 fully saturated rings. The fourth-order valence-corrected chi connectivity index (χ4v) is 0.783. The Balaban J connectivity index is 2.27. The Morgan fingerprint density at radius 3 is 3.09 bits per heavy atom. The first-order chi connectivity index (χ1) is 5.33. The normalized spacial score (nSPS) is 10.4. The van der Waals surface area contributed by atoms with Gasteiger partial charge in [0.05, 0.1) is 25.5 Å². The molecule has 0 unspecified atom stereocenters. The molecule has 0 aliphatic rings. The zero-order valence-corrected chi connectivity index (χ0v) is 6.50. The predicted octanol–water partition coefficient (Wildman–Crippen LogP) is 0.227. The molecule has 0 aliphatic carbocycles. The lowest BCUT2D eigenvalue weighted by molar-refractivity contribution is 0.0798. The molecule has 1 heterocycles. The summed E-state index contributed by atoms with van der Waals surface area (Å²) < 4.78 is 5.05. The maximum Gasteiger partial charge on any atom is 0.103 e. The summed E-state index contributed by atoms with van der Waals surface area (Å²) in [4.78, 5) is 7.06. The Kier molecular flexibility index (Phi) is 3.07. The van der Waals surface area contributed by atoms with E-state index in [1.165, 1.54) is 0 Å². The number of nitrogens with zero attached hydrogens (tertiary/aromatic N) is 1. The second-order valence-electron chi connectivity index (χ2n) is 2.25.